The number of carbonyl (C=O) groups excluding carboxylic acids is 1. The van der Waals surface area contributed by atoms with Crippen LogP contribution in [-0.4, -0.2) is 38.3 Å². The molecule has 1 amide bonds. The number of nitrogens with zero attached hydrogens (tertiary/aromatic N) is 1. The fourth-order valence-electron chi connectivity index (χ4n) is 2.68. The number of hydrogen-bond acceptors (Lipinski definition) is 4. The molecule has 0 aliphatic heterocycles. The maximum absolute atomic E-state index is 12.8. The standard InChI is InChI=1S/C19H22F2N2O4S/c1-4-23(5-2)28(25,26)17-12-15(10-9-13(17)3)22-18(24)14-7-6-8-16(11-14)27-19(20)21/h6-12,19H,4-5H2,1-3H3,(H,22,24). The van der Waals surface area contributed by atoms with Crippen molar-refractivity contribution in [3.63, 3.8) is 0 Å². The lowest BCUT2D eigenvalue weighted by atomic mass is 10.2. The summed E-state index contributed by atoms with van der Waals surface area (Å²) in [5.74, 6) is -0.717. The lowest BCUT2D eigenvalue weighted by Crippen LogP contribution is -2.31. The third-order valence-electron chi connectivity index (χ3n) is 4.09. The van der Waals surface area contributed by atoms with Crippen LogP contribution in [0.3, 0.4) is 0 Å². The Balaban J connectivity index is 2.29. The number of benzene rings is 2. The van der Waals surface area contributed by atoms with Gasteiger partial charge in [-0.05, 0) is 42.8 Å². The molecule has 0 aromatic heterocycles. The Kier molecular flexibility index (Phi) is 7.09. The minimum Gasteiger partial charge on any atom is -0.435 e. The predicted octanol–water partition coefficient (Wildman–Crippen LogP) is 3.88. The molecule has 0 aliphatic carbocycles. The van der Waals surface area contributed by atoms with E-state index in [0.29, 0.717) is 18.7 Å². The number of sulfonamides is 1. The molecule has 0 bridgehead atoms. The van der Waals surface area contributed by atoms with E-state index in [4.69, 9.17) is 0 Å². The molecule has 6 nitrogen and oxygen atoms in total. The summed E-state index contributed by atoms with van der Waals surface area (Å²) < 4.78 is 55.9. The van der Waals surface area contributed by atoms with Crippen LogP contribution in [0.2, 0.25) is 0 Å². The second-order valence-electron chi connectivity index (χ2n) is 5.93. The molecule has 1 N–H and O–H groups in total. The van der Waals surface area contributed by atoms with Crippen LogP contribution >= 0.6 is 0 Å². The number of amides is 1. The molecule has 9 heteroatoms. The normalized spacial score (nSPS) is 11.7. The fraction of sp³-hybridized carbons (Fsp3) is 0.316. The summed E-state index contributed by atoms with van der Waals surface area (Å²) >= 11 is 0. The van der Waals surface area contributed by atoms with Gasteiger partial charge in [-0.25, -0.2) is 8.42 Å². The van der Waals surface area contributed by atoms with Crippen LogP contribution in [0.4, 0.5) is 14.5 Å². The number of hydrogen-bond donors (Lipinski definition) is 1. The van der Waals surface area contributed by atoms with Crippen LogP contribution < -0.4 is 10.1 Å². The smallest absolute Gasteiger partial charge is 0.387 e. The monoisotopic (exact) mass is 412 g/mol. The van der Waals surface area contributed by atoms with Gasteiger partial charge in [0.2, 0.25) is 10.0 Å². The van der Waals surface area contributed by atoms with Crippen molar-refractivity contribution in [1.82, 2.24) is 4.31 Å². The highest BCUT2D eigenvalue weighted by Gasteiger charge is 2.24. The summed E-state index contributed by atoms with van der Waals surface area (Å²) in [7, 11) is -3.70. The van der Waals surface area contributed by atoms with Crippen molar-refractivity contribution in [2.75, 3.05) is 18.4 Å². The molecule has 0 atom stereocenters. The minimum absolute atomic E-state index is 0.101. The average Bonchev–Trinajstić information content (AvgIpc) is 2.63. The first-order chi connectivity index (χ1) is 13.2. The zero-order chi connectivity index (χ0) is 20.9. The maximum atomic E-state index is 12.8. The van der Waals surface area contributed by atoms with Crippen LogP contribution in [0.5, 0.6) is 5.75 Å². The van der Waals surface area contributed by atoms with E-state index >= 15 is 0 Å². The second kappa shape index (κ2) is 9.11. The van der Waals surface area contributed by atoms with Crippen LogP contribution in [0.1, 0.15) is 29.8 Å². The van der Waals surface area contributed by atoms with Gasteiger partial charge in [-0.2, -0.15) is 13.1 Å². The highest BCUT2D eigenvalue weighted by atomic mass is 32.2. The summed E-state index contributed by atoms with van der Waals surface area (Å²) in [5, 5.41) is 2.59. The summed E-state index contributed by atoms with van der Waals surface area (Å²) in [4.78, 5) is 12.5. The molecule has 0 saturated heterocycles. The van der Waals surface area contributed by atoms with Gasteiger partial charge in [0.05, 0.1) is 4.90 Å². The Morgan fingerprint density at radius 1 is 1.14 bits per heavy atom. The van der Waals surface area contributed by atoms with Crippen LogP contribution in [0.25, 0.3) is 0 Å². The number of nitrogens with one attached hydrogen (secondary N) is 1. The molecule has 28 heavy (non-hydrogen) atoms. The van der Waals surface area contributed by atoms with E-state index in [2.05, 4.69) is 10.1 Å². The summed E-state index contributed by atoms with van der Waals surface area (Å²) in [6.07, 6.45) is 0. The summed E-state index contributed by atoms with van der Waals surface area (Å²) in [5.41, 5.74) is 0.936. The topological polar surface area (TPSA) is 75.7 Å². The largest absolute Gasteiger partial charge is 0.435 e. The Bertz CT molecular complexity index is 945. The number of halogens is 2. The Morgan fingerprint density at radius 2 is 1.82 bits per heavy atom. The van der Waals surface area contributed by atoms with Gasteiger partial charge >= 0.3 is 6.61 Å². The molecular formula is C19H22F2N2O4S. The Labute approximate surface area is 163 Å². The highest BCUT2D eigenvalue weighted by Crippen LogP contribution is 2.24. The molecule has 152 valence electrons. The van der Waals surface area contributed by atoms with Gasteiger partial charge in [-0.1, -0.05) is 26.0 Å². The highest BCUT2D eigenvalue weighted by molar-refractivity contribution is 7.89. The fourth-order valence-corrected chi connectivity index (χ4v) is 4.38. The van der Waals surface area contributed by atoms with Gasteiger partial charge in [-0.3, -0.25) is 4.79 Å². The molecule has 0 heterocycles. The van der Waals surface area contributed by atoms with E-state index in [1.807, 2.05) is 0 Å². The van der Waals surface area contributed by atoms with Gasteiger partial charge in [-0.15, -0.1) is 0 Å². The lowest BCUT2D eigenvalue weighted by molar-refractivity contribution is -0.0498. The van der Waals surface area contributed by atoms with Crippen molar-refractivity contribution in [2.24, 2.45) is 0 Å². The van der Waals surface area contributed by atoms with E-state index in [9.17, 15) is 22.0 Å². The number of rotatable bonds is 8. The van der Waals surface area contributed by atoms with E-state index in [-0.39, 0.29) is 21.9 Å². The molecule has 2 aromatic carbocycles. The molecule has 0 saturated carbocycles. The van der Waals surface area contributed by atoms with E-state index < -0.39 is 22.5 Å². The van der Waals surface area contributed by atoms with Crippen molar-refractivity contribution < 1.29 is 26.7 Å². The Hall–Kier alpha value is -2.52. The first-order valence-corrected chi connectivity index (χ1v) is 10.1. The van der Waals surface area contributed by atoms with Crippen molar-refractivity contribution in [3.8, 4) is 5.75 Å². The predicted molar refractivity (Wildman–Crippen MR) is 102 cm³/mol. The molecule has 0 radical (unpaired) electrons. The summed E-state index contributed by atoms with van der Waals surface area (Å²) in [6.45, 7) is 2.82. The summed E-state index contributed by atoms with van der Waals surface area (Å²) in [6, 6.07) is 9.91. The maximum Gasteiger partial charge on any atom is 0.387 e. The number of anilines is 1. The molecule has 2 aromatic rings. The van der Waals surface area contributed by atoms with Gasteiger partial charge in [0.1, 0.15) is 5.75 Å². The van der Waals surface area contributed by atoms with Crippen LogP contribution in [0, 0.1) is 6.92 Å². The Morgan fingerprint density at radius 3 is 2.43 bits per heavy atom. The number of carbonyl (C=O) groups is 1. The lowest BCUT2D eigenvalue weighted by Gasteiger charge is -2.20. The second-order valence-corrected chi connectivity index (χ2v) is 7.84. The number of alkyl halides is 2. The third kappa shape index (κ3) is 5.05. The number of aryl methyl sites for hydroxylation is 1. The average molecular weight is 412 g/mol. The minimum atomic E-state index is -3.70. The molecule has 2 rings (SSSR count). The first-order valence-electron chi connectivity index (χ1n) is 8.66. The van der Waals surface area contributed by atoms with Crippen molar-refractivity contribution in [2.45, 2.75) is 32.3 Å². The van der Waals surface area contributed by atoms with Crippen LogP contribution in [0.15, 0.2) is 47.4 Å². The van der Waals surface area contributed by atoms with E-state index in [1.165, 1.54) is 34.6 Å². The quantitative estimate of drug-likeness (QED) is 0.714. The molecule has 0 unspecified atom stereocenters. The number of ether oxygens (including phenoxy) is 1. The van der Waals surface area contributed by atoms with Gasteiger partial charge < -0.3 is 10.1 Å². The zero-order valence-corrected chi connectivity index (χ0v) is 16.6. The molecule has 0 spiro atoms. The molecular weight excluding hydrogens is 390 g/mol. The SMILES string of the molecule is CCN(CC)S(=O)(=O)c1cc(NC(=O)c2cccc(OC(F)F)c2)ccc1C. The van der Waals surface area contributed by atoms with Gasteiger partial charge in [0.25, 0.3) is 5.91 Å². The first kappa shape index (κ1) is 21.8. The van der Waals surface area contributed by atoms with Crippen LogP contribution in [-0.2, 0) is 10.0 Å². The van der Waals surface area contributed by atoms with Gasteiger partial charge in [0.15, 0.2) is 0 Å². The van der Waals surface area contributed by atoms with Crippen molar-refractivity contribution in [1.29, 1.82) is 0 Å². The van der Waals surface area contributed by atoms with Gasteiger partial charge in [0, 0.05) is 24.3 Å². The van der Waals surface area contributed by atoms with Crippen molar-refractivity contribution in [3.05, 3.63) is 53.6 Å². The third-order valence-corrected chi connectivity index (χ3v) is 6.28. The molecule has 0 aliphatic rings. The van der Waals surface area contributed by atoms with Crippen molar-refractivity contribution >= 4 is 21.6 Å². The molecule has 0 fully saturated rings. The zero-order valence-electron chi connectivity index (χ0n) is 15.8. The van der Waals surface area contributed by atoms with E-state index in [1.54, 1.807) is 32.9 Å². The van der Waals surface area contributed by atoms with E-state index in [0.717, 1.165) is 0 Å².